The van der Waals surface area contributed by atoms with Crippen LogP contribution in [0.2, 0.25) is 0 Å². The Balaban J connectivity index is 2.12. The fourth-order valence-electron chi connectivity index (χ4n) is 1.74. The Morgan fingerprint density at radius 2 is 2.24 bits per heavy atom. The predicted molar refractivity (Wildman–Crippen MR) is 62.5 cm³/mol. The lowest BCUT2D eigenvalue weighted by Gasteiger charge is -2.11. The summed E-state index contributed by atoms with van der Waals surface area (Å²) in [7, 11) is 0. The van der Waals surface area contributed by atoms with Crippen molar-refractivity contribution in [2.75, 3.05) is 0 Å². The van der Waals surface area contributed by atoms with Crippen LogP contribution in [0.5, 0.6) is 0 Å². The maximum Gasteiger partial charge on any atom is 0.255 e. The molecule has 0 saturated carbocycles. The summed E-state index contributed by atoms with van der Waals surface area (Å²) in [6, 6.07) is -0.161. The van der Waals surface area contributed by atoms with Crippen LogP contribution in [-0.2, 0) is 0 Å². The average molecular weight is 233 g/mol. The zero-order valence-electron chi connectivity index (χ0n) is 10.0. The van der Waals surface area contributed by atoms with Crippen LogP contribution in [-0.4, -0.2) is 26.1 Å². The van der Waals surface area contributed by atoms with Gasteiger partial charge >= 0.3 is 0 Å². The number of imidazole rings is 1. The van der Waals surface area contributed by atoms with Crippen LogP contribution in [0.15, 0.2) is 12.4 Å². The molecule has 2 rings (SSSR count). The Kier molecular flexibility index (Phi) is 2.95. The molecule has 0 aromatic carbocycles. The zero-order chi connectivity index (χ0) is 12.4. The summed E-state index contributed by atoms with van der Waals surface area (Å²) in [6.07, 6.45) is 3.39. The smallest absolute Gasteiger partial charge is 0.255 e. The molecule has 6 heteroatoms. The average Bonchev–Trinajstić information content (AvgIpc) is 2.88. The quantitative estimate of drug-likeness (QED) is 0.745. The van der Waals surface area contributed by atoms with Gasteiger partial charge in [-0.1, -0.05) is 0 Å². The lowest BCUT2D eigenvalue weighted by Crippen LogP contribution is -2.28. The van der Waals surface area contributed by atoms with Crippen molar-refractivity contribution < 1.29 is 4.79 Å². The largest absolute Gasteiger partial charge is 0.347 e. The van der Waals surface area contributed by atoms with E-state index in [0.29, 0.717) is 11.3 Å². The van der Waals surface area contributed by atoms with Crippen LogP contribution in [0.3, 0.4) is 0 Å². The Morgan fingerprint density at radius 3 is 2.76 bits per heavy atom. The molecule has 1 unspecified atom stereocenters. The molecule has 0 radical (unpaired) electrons. The number of carbonyl (C=O) groups excluding carboxylic acids is 1. The second-order valence-electron chi connectivity index (χ2n) is 3.98. The van der Waals surface area contributed by atoms with E-state index >= 15 is 0 Å². The Bertz CT molecular complexity index is 494. The number of carbonyl (C=O) groups is 1. The first kappa shape index (κ1) is 11.4. The van der Waals surface area contributed by atoms with Crippen molar-refractivity contribution in [2.24, 2.45) is 0 Å². The summed E-state index contributed by atoms with van der Waals surface area (Å²) in [5, 5.41) is 9.66. The van der Waals surface area contributed by atoms with Gasteiger partial charge in [-0.2, -0.15) is 5.10 Å². The summed E-state index contributed by atoms with van der Waals surface area (Å²) in [4.78, 5) is 19.1. The number of aromatic amines is 2. The van der Waals surface area contributed by atoms with Gasteiger partial charge in [0.25, 0.3) is 5.91 Å². The number of H-pyrrole nitrogens is 2. The molecule has 0 fully saturated rings. The van der Waals surface area contributed by atoms with E-state index in [1.807, 2.05) is 13.8 Å². The highest BCUT2D eigenvalue weighted by molar-refractivity contribution is 5.96. The molecule has 2 aromatic heterocycles. The number of hydrogen-bond donors (Lipinski definition) is 3. The Morgan fingerprint density at radius 1 is 1.47 bits per heavy atom. The summed E-state index contributed by atoms with van der Waals surface area (Å²) in [5.41, 5.74) is 2.07. The van der Waals surface area contributed by atoms with E-state index in [9.17, 15) is 4.79 Å². The first-order chi connectivity index (χ1) is 8.09. The van der Waals surface area contributed by atoms with E-state index in [0.717, 1.165) is 11.5 Å². The molecular weight excluding hydrogens is 218 g/mol. The van der Waals surface area contributed by atoms with Crippen molar-refractivity contribution in [3.05, 3.63) is 35.2 Å². The number of hydrogen-bond acceptors (Lipinski definition) is 3. The molecule has 2 heterocycles. The van der Waals surface area contributed by atoms with Gasteiger partial charge in [0.1, 0.15) is 5.82 Å². The van der Waals surface area contributed by atoms with Crippen molar-refractivity contribution in [3.63, 3.8) is 0 Å². The molecule has 0 saturated heterocycles. The molecule has 1 atom stereocenters. The van der Waals surface area contributed by atoms with E-state index in [4.69, 9.17) is 0 Å². The molecule has 6 nitrogen and oxygen atoms in total. The van der Waals surface area contributed by atoms with Crippen LogP contribution in [0.25, 0.3) is 0 Å². The number of rotatable bonds is 3. The number of aryl methyl sites for hydroxylation is 2. The third-order valence-corrected chi connectivity index (χ3v) is 2.63. The van der Waals surface area contributed by atoms with Gasteiger partial charge in [-0.05, 0) is 20.8 Å². The number of nitrogens with one attached hydrogen (secondary N) is 3. The van der Waals surface area contributed by atoms with Crippen LogP contribution < -0.4 is 5.32 Å². The van der Waals surface area contributed by atoms with Gasteiger partial charge in [0.15, 0.2) is 0 Å². The first-order valence-corrected chi connectivity index (χ1v) is 5.41. The summed E-state index contributed by atoms with van der Waals surface area (Å²) in [5.74, 6) is 0.592. The standard InChI is InChI=1S/C11H15N5O/c1-6-9(7(2)16-15-6)11(17)14-8(3)10-12-4-5-13-10/h4-5,8H,1-3H3,(H,12,13)(H,14,17)(H,15,16). The minimum Gasteiger partial charge on any atom is -0.347 e. The third-order valence-electron chi connectivity index (χ3n) is 2.63. The van der Waals surface area contributed by atoms with Gasteiger partial charge in [-0.25, -0.2) is 4.98 Å². The van der Waals surface area contributed by atoms with Gasteiger partial charge in [0.2, 0.25) is 0 Å². The molecule has 0 aliphatic carbocycles. The molecule has 17 heavy (non-hydrogen) atoms. The highest BCUT2D eigenvalue weighted by atomic mass is 16.1. The SMILES string of the molecule is Cc1n[nH]c(C)c1C(=O)NC(C)c1ncc[nH]1. The molecule has 0 spiro atoms. The van der Waals surface area contributed by atoms with Gasteiger partial charge in [-0.3, -0.25) is 9.89 Å². The fraction of sp³-hybridized carbons (Fsp3) is 0.364. The highest BCUT2D eigenvalue weighted by Crippen LogP contribution is 2.12. The Hall–Kier alpha value is -2.11. The van der Waals surface area contributed by atoms with Crippen molar-refractivity contribution in [2.45, 2.75) is 26.8 Å². The molecule has 1 amide bonds. The van der Waals surface area contributed by atoms with Gasteiger partial charge < -0.3 is 10.3 Å². The predicted octanol–water partition coefficient (Wildman–Crippen LogP) is 1.24. The fourth-order valence-corrected chi connectivity index (χ4v) is 1.74. The molecule has 0 bridgehead atoms. The van der Waals surface area contributed by atoms with Crippen molar-refractivity contribution in [1.29, 1.82) is 0 Å². The summed E-state index contributed by atoms with van der Waals surface area (Å²) >= 11 is 0. The van der Waals surface area contributed by atoms with Crippen molar-refractivity contribution in [3.8, 4) is 0 Å². The zero-order valence-corrected chi connectivity index (χ0v) is 10.0. The van der Waals surface area contributed by atoms with Crippen LogP contribution in [0, 0.1) is 13.8 Å². The monoisotopic (exact) mass is 233 g/mol. The van der Waals surface area contributed by atoms with E-state index in [2.05, 4.69) is 25.5 Å². The minimum atomic E-state index is -0.161. The second-order valence-corrected chi connectivity index (χ2v) is 3.98. The normalized spacial score (nSPS) is 12.4. The van der Waals surface area contributed by atoms with Gasteiger partial charge in [0, 0.05) is 18.1 Å². The molecule has 2 aromatic rings. The third kappa shape index (κ3) is 2.20. The number of aromatic nitrogens is 4. The van der Waals surface area contributed by atoms with E-state index in [1.165, 1.54) is 0 Å². The van der Waals surface area contributed by atoms with E-state index in [1.54, 1.807) is 19.3 Å². The van der Waals surface area contributed by atoms with Crippen molar-refractivity contribution >= 4 is 5.91 Å². The lowest BCUT2D eigenvalue weighted by molar-refractivity contribution is 0.0937. The van der Waals surface area contributed by atoms with Crippen molar-refractivity contribution in [1.82, 2.24) is 25.5 Å². The van der Waals surface area contributed by atoms with E-state index < -0.39 is 0 Å². The minimum absolute atomic E-state index is 0.141. The highest BCUT2D eigenvalue weighted by Gasteiger charge is 2.18. The summed E-state index contributed by atoms with van der Waals surface area (Å²) < 4.78 is 0. The molecule has 90 valence electrons. The molecular formula is C11H15N5O. The van der Waals surface area contributed by atoms with E-state index in [-0.39, 0.29) is 11.9 Å². The van der Waals surface area contributed by atoms with Gasteiger partial charge in [-0.15, -0.1) is 0 Å². The second kappa shape index (κ2) is 4.40. The molecule has 0 aliphatic rings. The van der Waals surface area contributed by atoms with Crippen LogP contribution in [0.1, 0.15) is 40.5 Å². The van der Waals surface area contributed by atoms with Crippen LogP contribution in [0.4, 0.5) is 0 Å². The summed E-state index contributed by atoms with van der Waals surface area (Å²) in [6.45, 7) is 5.50. The molecule has 3 N–H and O–H groups in total. The maximum atomic E-state index is 12.0. The number of amides is 1. The van der Waals surface area contributed by atoms with Gasteiger partial charge in [0.05, 0.1) is 17.3 Å². The lowest BCUT2D eigenvalue weighted by atomic mass is 10.1. The maximum absolute atomic E-state index is 12.0. The first-order valence-electron chi connectivity index (χ1n) is 5.41. The Labute approximate surface area is 98.9 Å². The molecule has 0 aliphatic heterocycles. The number of nitrogens with zero attached hydrogens (tertiary/aromatic N) is 2. The van der Waals surface area contributed by atoms with Crippen LogP contribution >= 0.6 is 0 Å². The topological polar surface area (TPSA) is 86.5 Å².